The van der Waals surface area contributed by atoms with Crippen LogP contribution in [0.5, 0.6) is 17.2 Å². The number of benzene rings is 2. The fourth-order valence-electron chi connectivity index (χ4n) is 3.68. The second kappa shape index (κ2) is 7.00. The highest BCUT2D eigenvalue weighted by Gasteiger charge is 2.35. The number of carbonyl (C=O) groups excluding carboxylic acids is 1. The normalized spacial score (nSPS) is 21.7. The van der Waals surface area contributed by atoms with Gasteiger partial charge in [-0.2, -0.15) is 0 Å². The van der Waals surface area contributed by atoms with Crippen molar-refractivity contribution in [3.05, 3.63) is 47.5 Å². The Morgan fingerprint density at radius 3 is 2.85 bits per heavy atom. The van der Waals surface area contributed by atoms with Crippen molar-refractivity contribution in [2.45, 2.75) is 25.1 Å². The molecular formula is C20H22N2O5. The highest BCUT2D eigenvalue weighted by molar-refractivity contribution is 6.01. The average Bonchev–Trinajstić information content (AvgIpc) is 3.19. The van der Waals surface area contributed by atoms with Crippen molar-refractivity contribution in [1.82, 2.24) is 4.90 Å². The molecule has 142 valence electrons. The number of hydrogen-bond donors (Lipinski definition) is 3. The number of hydrogen-bond acceptors (Lipinski definition) is 6. The van der Waals surface area contributed by atoms with Gasteiger partial charge in [-0.15, -0.1) is 0 Å². The molecule has 1 amide bonds. The van der Waals surface area contributed by atoms with Gasteiger partial charge in [-0.05, 0) is 37.1 Å². The molecule has 2 aromatic carbocycles. The number of nitrogens with one attached hydrogen (secondary N) is 1. The van der Waals surface area contributed by atoms with Gasteiger partial charge in [0.2, 0.25) is 5.75 Å². The monoisotopic (exact) mass is 370 g/mol. The maximum absolute atomic E-state index is 13.2. The van der Waals surface area contributed by atoms with E-state index in [1.54, 1.807) is 17.0 Å². The first-order valence-corrected chi connectivity index (χ1v) is 8.96. The van der Waals surface area contributed by atoms with E-state index in [0.717, 1.165) is 18.5 Å². The lowest BCUT2D eigenvalue weighted by Crippen LogP contribution is -2.46. The number of fused-ring (bicyclic) bond motifs is 1. The van der Waals surface area contributed by atoms with E-state index in [-0.39, 0.29) is 29.3 Å². The Bertz CT molecular complexity index is 863. The van der Waals surface area contributed by atoms with Crippen LogP contribution in [-0.4, -0.2) is 47.4 Å². The van der Waals surface area contributed by atoms with Crippen LogP contribution in [0.3, 0.4) is 0 Å². The van der Waals surface area contributed by atoms with E-state index in [1.807, 2.05) is 18.2 Å². The lowest BCUT2D eigenvalue weighted by molar-refractivity contribution is 0.0426. The second-order valence-electron chi connectivity index (χ2n) is 6.78. The van der Waals surface area contributed by atoms with E-state index >= 15 is 0 Å². The minimum Gasteiger partial charge on any atom is -0.504 e. The lowest BCUT2D eigenvalue weighted by Gasteiger charge is -2.39. The SMILES string of the molecule is COc1cc([C@H]2Nc3ccccc3C(=O)N2C[C@@H]2CCCO2)cc(O)c1O. The van der Waals surface area contributed by atoms with Crippen LogP contribution in [0.25, 0.3) is 0 Å². The van der Waals surface area contributed by atoms with Crippen LogP contribution in [0.2, 0.25) is 0 Å². The second-order valence-corrected chi connectivity index (χ2v) is 6.78. The van der Waals surface area contributed by atoms with Crippen molar-refractivity contribution in [2.75, 3.05) is 25.6 Å². The van der Waals surface area contributed by atoms with E-state index in [2.05, 4.69) is 5.32 Å². The molecular weight excluding hydrogens is 348 g/mol. The Morgan fingerprint density at radius 2 is 2.11 bits per heavy atom. The molecule has 0 aliphatic carbocycles. The number of nitrogens with zero attached hydrogens (tertiary/aromatic N) is 1. The number of rotatable bonds is 4. The molecule has 2 aromatic rings. The van der Waals surface area contributed by atoms with Crippen LogP contribution in [0.4, 0.5) is 5.69 Å². The summed E-state index contributed by atoms with van der Waals surface area (Å²) in [4.78, 5) is 14.9. The molecule has 0 bridgehead atoms. The summed E-state index contributed by atoms with van der Waals surface area (Å²) in [5.41, 5.74) is 1.94. The van der Waals surface area contributed by atoms with Crippen molar-refractivity contribution >= 4 is 11.6 Å². The molecule has 0 unspecified atom stereocenters. The molecule has 3 N–H and O–H groups in total. The zero-order chi connectivity index (χ0) is 19.0. The summed E-state index contributed by atoms with van der Waals surface area (Å²) in [7, 11) is 1.41. The van der Waals surface area contributed by atoms with Gasteiger partial charge in [0.25, 0.3) is 5.91 Å². The predicted molar refractivity (Wildman–Crippen MR) is 99.1 cm³/mol. The molecule has 0 saturated carbocycles. The number of methoxy groups -OCH3 is 1. The fourth-order valence-corrected chi connectivity index (χ4v) is 3.68. The van der Waals surface area contributed by atoms with Gasteiger partial charge in [-0.3, -0.25) is 4.79 Å². The number of anilines is 1. The van der Waals surface area contributed by atoms with Gasteiger partial charge in [0, 0.05) is 24.4 Å². The van der Waals surface area contributed by atoms with Gasteiger partial charge in [-0.25, -0.2) is 0 Å². The molecule has 2 atom stereocenters. The first kappa shape index (κ1) is 17.5. The van der Waals surface area contributed by atoms with Gasteiger partial charge >= 0.3 is 0 Å². The standard InChI is InChI=1S/C20H22N2O5/c1-26-17-10-12(9-16(23)18(17)24)19-21-15-7-3-2-6-14(15)20(25)22(19)11-13-5-4-8-27-13/h2-3,6-7,9-10,13,19,21,23-24H,4-5,8,11H2,1H3/t13-,19-/m0/s1. The van der Waals surface area contributed by atoms with Crippen LogP contribution in [0.15, 0.2) is 36.4 Å². The summed E-state index contributed by atoms with van der Waals surface area (Å²) < 4.78 is 10.9. The van der Waals surface area contributed by atoms with Gasteiger partial charge in [0.05, 0.1) is 18.8 Å². The van der Waals surface area contributed by atoms with E-state index in [0.29, 0.717) is 24.3 Å². The highest BCUT2D eigenvalue weighted by Crippen LogP contribution is 2.41. The number of ether oxygens (including phenoxy) is 2. The lowest BCUT2D eigenvalue weighted by atomic mass is 10.0. The first-order valence-electron chi connectivity index (χ1n) is 8.96. The van der Waals surface area contributed by atoms with Crippen LogP contribution >= 0.6 is 0 Å². The van der Waals surface area contributed by atoms with Crippen molar-refractivity contribution in [3.8, 4) is 17.2 Å². The number of aromatic hydroxyl groups is 2. The third-order valence-corrected chi connectivity index (χ3v) is 5.06. The third-order valence-electron chi connectivity index (χ3n) is 5.06. The average molecular weight is 370 g/mol. The minimum atomic E-state index is -0.517. The van der Waals surface area contributed by atoms with Gasteiger partial charge < -0.3 is 29.9 Å². The summed E-state index contributed by atoms with van der Waals surface area (Å²) in [6.07, 6.45) is 1.35. The molecule has 2 heterocycles. The van der Waals surface area contributed by atoms with Crippen LogP contribution < -0.4 is 10.1 Å². The summed E-state index contributed by atoms with van der Waals surface area (Å²) >= 11 is 0. The highest BCUT2D eigenvalue weighted by atomic mass is 16.5. The number of para-hydroxylation sites is 1. The smallest absolute Gasteiger partial charge is 0.257 e. The fraction of sp³-hybridized carbons (Fsp3) is 0.350. The summed E-state index contributed by atoms with van der Waals surface area (Å²) in [6.45, 7) is 1.14. The third kappa shape index (κ3) is 3.14. The van der Waals surface area contributed by atoms with Crippen LogP contribution in [0, 0.1) is 0 Å². The Hall–Kier alpha value is -2.93. The maximum atomic E-state index is 13.2. The Balaban J connectivity index is 1.76. The molecule has 4 rings (SSSR count). The molecule has 2 aliphatic heterocycles. The minimum absolute atomic E-state index is 0.0175. The van der Waals surface area contributed by atoms with E-state index in [1.165, 1.54) is 13.2 Å². The Labute approximate surface area is 157 Å². The number of phenolic OH excluding ortho intramolecular Hbond substituents is 2. The van der Waals surface area contributed by atoms with Gasteiger partial charge in [0.1, 0.15) is 6.17 Å². The number of amides is 1. The largest absolute Gasteiger partial charge is 0.504 e. The topological polar surface area (TPSA) is 91.3 Å². The molecule has 7 nitrogen and oxygen atoms in total. The van der Waals surface area contributed by atoms with Crippen molar-refractivity contribution in [1.29, 1.82) is 0 Å². The molecule has 0 radical (unpaired) electrons. The molecule has 1 saturated heterocycles. The van der Waals surface area contributed by atoms with E-state index < -0.39 is 6.17 Å². The molecule has 2 aliphatic rings. The molecule has 0 aromatic heterocycles. The van der Waals surface area contributed by atoms with Crippen molar-refractivity contribution in [2.24, 2.45) is 0 Å². The molecule has 27 heavy (non-hydrogen) atoms. The molecule has 7 heteroatoms. The molecule has 1 fully saturated rings. The van der Waals surface area contributed by atoms with Crippen LogP contribution in [-0.2, 0) is 4.74 Å². The predicted octanol–water partition coefficient (Wildman–Crippen LogP) is 2.85. The van der Waals surface area contributed by atoms with E-state index in [4.69, 9.17) is 9.47 Å². The Kier molecular flexibility index (Phi) is 4.53. The van der Waals surface area contributed by atoms with Gasteiger partial charge in [0.15, 0.2) is 11.5 Å². The quantitative estimate of drug-likeness (QED) is 0.717. The van der Waals surface area contributed by atoms with E-state index in [9.17, 15) is 15.0 Å². The molecule has 0 spiro atoms. The zero-order valence-electron chi connectivity index (χ0n) is 15.0. The summed E-state index contributed by atoms with van der Waals surface area (Å²) in [5, 5.41) is 23.4. The number of carbonyl (C=O) groups is 1. The summed E-state index contributed by atoms with van der Waals surface area (Å²) in [5.74, 6) is -0.574. The van der Waals surface area contributed by atoms with Crippen molar-refractivity contribution in [3.63, 3.8) is 0 Å². The zero-order valence-corrected chi connectivity index (χ0v) is 15.0. The number of phenols is 2. The Morgan fingerprint density at radius 1 is 1.30 bits per heavy atom. The van der Waals surface area contributed by atoms with Crippen LogP contribution in [0.1, 0.15) is 34.9 Å². The first-order chi connectivity index (χ1) is 13.1. The maximum Gasteiger partial charge on any atom is 0.257 e. The van der Waals surface area contributed by atoms with Gasteiger partial charge in [-0.1, -0.05) is 12.1 Å². The summed E-state index contributed by atoms with van der Waals surface area (Å²) in [6, 6.07) is 10.4. The van der Waals surface area contributed by atoms with Crippen molar-refractivity contribution < 1.29 is 24.5 Å².